The predicted molar refractivity (Wildman–Crippen MR) is 91.6 cm³/mol. The summed E-state index contributed by atoms with van der Waals surface area (Å²) in [7, 11) is 0. The van der Waals surface area contributed by atoms with Crippen molar-refractivity contribution in [3.8, 4) is 5.75 Å². The number of fused-ring (bicyclic) bond motifs is 1. The van der Waals surface area contributed by atoms with Gasteiger partial charge in [-0.05, 0) is 36.4 Å². The van der Waals surface area contributed by atoms with Crippen LogP contribution in [0.4, 0.5) is 5.69 Å². The standard InChI is InChI=1S/C17H11Cl2NO5/c18-10-2-3-12(19)11(6-10)17(23)25-7-14(21)9-1-4-15-13(5-9)20-16(22)8-24-15/h1-6H,7-8H2,(H,20,22). The van der Waals surface area contributed by atoms with Crippen LogP contribution in [0.5, 0.6) is 5.75 Å². The van der Waals surface area contributed by atoms with Crippen molar-refractivity contribution < 1.29 is 23.9 Å². The first-order chi connectivity index (χ1) is 11.9. The molecule has 0 atom stereocenters. The van der Waals surface area contributed by atoms with Crippen LogP contribution in [0.25, 0.3) is 0 Å². The molecule has 1 aliphatic heterocycles. The van der Waals surface area contributed by atoms with E-state index in [1.165, 1.54) is 30.3 Å². The molecule has 0 radical (unpaired) electrons. The minimum Gasteiger partial charge on any atom is -0.482 e. The number of nitrogens with one attached hydrogen (secondary N) is 1. The van der Waals surface area contributed by atoms with E-state index in [0.717, 1.165) is 0 Å². The lowest BCUT2D eigenvalue weighted by atomic mass is 10.1. The number of carbonyl (C=O) groups excluding carboxylic acids is 3. The van der Waals surface area contributed by atoms with Crippen LogP contribution in [0.2, 0.25) is 10.0 Å². The van der Waals surface area contributed by atoms with Crippen LogP contribution in [0.1, 0.15) is 20.7 Å². The summed E-state index contributed by atoms with van der Waals surface area (Å²) >= 11 is 11.7. The lowest BCUT2D eigenvalue weighted by molar-refractivity contribution is -0.118. The molecule has 0 bridgehead atoms. The van der Waals surface area contributed by atoms with Crippen molar-refractivity contribution in [2.45, 2.75) is 0 Å². The third kappa shape index (κ3) is 3.92. The van der Waals surface area contributed by atoms with Crippen LogP contribution >= 0.6 is 23.2 Å². The van der Waals surface area contributed by atoms with E-state index in [1.54, 1.807) is 6.07 Å². The fraction of sp³-hybridized carbons (Fsp3) is 0.118. The zero-order valence-corrected chi connectivity index (χ0v) is 14.2. The number of ether oxygens (including phenoxy) is 2. The molecule has 0 aliphatic carbocycles. The van der Waals surface area contributed by atoms with E-state index in [4.69, 9.17) is 32.7 Å². The zero-order valence-electron chi connectivity index (χ0n) is 12.7. The molecule has 0 saturated heterocycles. The smallest absolute Gasteiger partial charge is 0.340 e. The van der Waals surface area contributed by atoms with E-state index in [-0.39, 0.29) is 28.7 Å². The van der Waals surface area contributed by atoms with Crippen LogP contribution in [0.3, 0.4) is 0 Å². The Hall–Kier alpha value is -2.57. The molecule has 2 aromatic carbocycles. The number of anilines is 1. The van der Waals surface area contributed by atoms with Crippen LogP contribution < -0.4 is 10.1 Å². The Balaban J connectivity index is 1.68. The van der Waals surface area contributed by atoms with Gasteiger partial charge in [0, 0.05) is 10.6 Å². The summed E-state index contributed by atoms with van der Waals surface area (Å²) in [5.74, 6) is -1.03. The van der Waals surface area contributed by atoms with Gasteiger partial charge < -0.3 is 14.8 Å². The van der Waals surface area contributed by atoms with Gasteiger partial charge in [0.2, 0.25) is 0 Å². The number of halogens is 2. The first-order valence-electron chi connectivity index (χ1n) is 7.16. The second-order valence-corrected chi connectivity index (χ2v) is 6.01. The lowest BCUT2D eigenvalue weighted by Gasteiger charge is -2.18. The predicted octanol–water partition coefficient (Wildman–Crippen LogP) is 3.36. The first-order valence-corrected chi connectivity index (χ1v) is 7.92. The summed E-state index contributed by atoms with van der Waals surface area (Å²) in [6.07, 6.45) is 0. The van der Waals surface area contributed by atoms with Crippen molar-refractivity contribution in [3.63, 3.8) is 0 Å². The molecule has 1 heterocycles. The van der Waals surface area contributed by atoms with Gasteiger partial charge in [-0.3, -0.25) is 9.59 Å². The highest BCUT2D eigenvalue weighted by molar-refractivity contribution is 6.35. The highest BCUT2D eigenvalue weighted by Gasteiger charge is 2.19. The van der Waals surface area contributed by atoms with Gasteiger partial charge in [0.1, 0.15) is 5.75 Å². The van der Waals surface area contributed by atoms with Crippen molar-refractivity contribution in [3.05, 3.63) is 57.6 Å². The highest BCUT2D eigenvalue weighted by Crippen LogP contribution is 2.28. The molecule has 1 aliphatic rings. The molecule has 1 amide bonds. The van der Waals surface area contributed by atoms with E-state index in [2.05, 4.69) is 5.32 Å². The number of carbonyl (C=O) groups is 3. The molecule has 0 fully saturated rings. The fourth-order valence-electron chi connectivity index (χ4n) is 2.20. The number of esters is 1. The SMILES string of the molecule is O=C1COc2ccc(C(=O)COC(=O)c3cc(Cl)ccc3Cl)cc2N1. The molecule has 128 valence electrons. The average Bonchev–Trinajstić information content (AvgIpc) is 2.60. The van der Waals surface area contributed by atoms with Crippen molar-refractivity contribution in [1.29, 1.82) is 0 Å². The van der Waals surface area contributed by atoms with E-state index in [0.29, 0.717) is 16.5 Å². The van der Waals surface area contributed by atoms with Gasteiger partial charge in [-0.15, -0.1) is 0 Å². The maximum absolute atomic E-state index is 12.2. The van der Waals surface area contributed by atoms with Crippen LogP contribution in [-0.4, -0.2) is 30.9 Å². The third-order valence-electron chi connectivity index (χ3n) is 3.42. The summed E-state index contributed by atoms with van der Waals surface area (Å²) in [6, 6.07) is 8.93. The van der Waals surface area contributed by atoms with Gasteiger partial charge in [-0.2, -0.15) is 0 Å². The summed E-state index contributed by atoms with van der Waals surface area (Å²) in [5, 5.41) is 3.11. The van der Waals surface area contributed by atoms with Gasteiger partial charge in [-0.1, -0.05) is 23.2 Å². The summed E-state index contributed by atoms with van der Waals surface area (Å²) in [4.78, 5) is 35.6. The molecule has 0 aromatic heterocycles. The Bertz CT molecular complexity index is 881. The van der Waals surface area contributed by atoms with Gasteiger partial charge in [0.25, 0.3) is 5.91 Å². The van der Waals surface area contributed by atoms with Crippen LogP contribution in [0, 0.1) is 0 Å². The molecular formula is C17H11Cl2NO5. The minimum absolute atomic E-state index is 0.0711. The third-order valence-corrected chi connectivity index (χ3v) is 3.98. The molecular weight excluding hydrogens is 369 g/mol. The number of benzene rings is 2. The number of hydrogen-bond acceptors (Lipinski definition) is 5. The Morgan fingerprint density at radius 1 is 1.16 bits per heavy atom. The number of ketones is 1. The number of Topliss-reactive ketones (excluding diaryl/α,β-unsaturated/α-hetero) is 1. The van der Waals surface area contributed by atoms with Crippen LogP contribution in [0.15, 0.2) is 36.4 Å². The van der Waals surface area contributed by atoms with Crippen molar-refractivity contribution in [2.75, 3.05) is 18.5 Å². The maximum atomic E-state index is 12.2. The monoisotopic (exact) mass is 379 g/mol. The second-order valence-electron chi connectivity index (χ2n) is 5.17. The largest absolute Gasteiger partial charge is 0.482 e. The van der Waals surface area contributed by atoms with Gasteiger partial charge in [0.15, 0.2) is 19.0 Å². The van der Waals surface area contributed by atoms with Crippen LogP contribution in [-0.2, 0) is 9.53 Å². The number of amides is 1. The molecule has 6 nitrogen and oxygen atoms in total. The summed E-state index contributed by atoms with van der Waals surface area (Å²) < 4.78 is 10.2. The Morgan fingerprint density at radius 2 is 1.96 bits per heavy atom. The van der Waals surface area contributed by atoms with Crippen molar-refractivity contribution >= 4 is 46.5 Å². The topological polar surface area (TPSA) is 81.7 Å². The molecule has 2 aromatic rings. The fourth-order valence-corrected chi connectivity index (χ4v) is 2.57. The Morgan fingerprint density at radius 3 is 2.76 bits per heavy atom. The maximum Gasteiger partial charge on any atom is 0.340 e. The molecule has 3 rings (SSSR count). The van der Waals surface area contributed by atoms with Gasteiger partial charge >= 0.3 is 5.97 Å². The highest BCUT2D eigenvalue weighted by atomic mass is 35.5. The molecule has 1 N–H and O–H groups in total. The summed E-state index contributed by atoms with van der Waals surface area (Å²) in [6.45, 7) is -0.548. The molecule has 8 heteroatoms. The number of hydrogen-bond donors (Lipinski definition) is 1. The Labute approximate surface area is 152 Å². The van der Waals surface area contributed by atoms with Crippen molar-refractivity contribution in [1.82, 2.24) is 0 Å². The quantitative estimate of drug-likeness (QED) is 0.650. The first kappa shape index (κ1) is 17.3. The van der Waals surface area contributed by atoms with E-state index >= 15 is 0 Å². The zero-order chi connectivity index (χ0) is 18.0. The Kier molecular flexibility index (Phi) is 4.92. The summed E-state index contributed by atoms with van der Waals surface area (Å²) in [5.41, 5.74) is 0.744. The normalized spacial score (nSPS) is 12.6. The molecule has 0 spiro atoms. The van der Waals surface area contributed by atoms with Crippen molar-refractivity contribution in [2.24, 2.45) is 0 Å². The van der Waals surface area contributed by atoms with Gasteiger partial charge in [-0.25, -0.2) is 4.79 Å². The second kappa shape index (κ2) is 7.13. The molecule has 0 unspecified atom stereocenters. The van der Waals surface area contributed by atoms with E-state index in [1.807, 2.05) is 0 Å². The van der Waals surface area contributed by atoms with Gasteiger partial charge in [0.05, 0.1) is 16.3 Å². The average molecular weight is 380 g/mol. The lowest BCUT2D eigenvalue weighted by Crippen LogP contribution is -2.25. The van der Waals surface area contributed by atoms with E-state index in [9.17, 15) is 14.4 Å². The number of rotatable bonds is 4. The molecule has 25 heavy (non-hydrogen) atoms. The van der Waals surface area contributed by atoms with E-state index < -0.39 is 18.4 Å². The molecule has 0 saturated carbocycles. The minimum atomic E-state index is -0.754.